The van der Waals surface area contributed by atoms with Crippen molar-refractivity contribution < 1.29 is 14.4 Å². The Labute approximate surface area is 203 Å². The summed E-state index contributed by atoms with van der Waals surface area (Å²) in [5.74, 6) is 0.859. The van der Waals surface area contributed by atoms with Crippen molar-refractivity contribution in [1.29, 1.82) is 0 Å². The highest BCUT2D eigenvalue weighted by Gasteiger charge is 2.30. The third-order valence-corrected chi connectivity index (χ3v) is 7.18. The van der Waals surface area contributed by atoms with Gasteiger partial charge in [-0.05, 0) is 68.8 Å². The van der Waals surface area contributed by atoms with Crippen LogP contribution in [0.5, 0.6) is 0 Å². The summed E-state index contributed by atoms with van der Waals surface area (Å²) < 4.78 is 0. The second kappa shape index (κ2) is 14.0. The van der Waals surface area contributed by atoms with Crippen molar-refractivity contribution in [3.63, 3.8) is 0 Å². The normalized spacial score (nSPS) is 24.1. The fourth-order valence-electron chi connectivity index (χ4n) is 5.73. The number of allylic oxidation sites excluding steroid dienone is 4. The topological polar surface area (TPSA) is 51.2 Å². The number of carbonyl (C=O) groups is 3. The van der Waals surface area contributed by atoms with Crippen LogP contribution in [-0.2, 0) is 14.4 Å². The summed E-state index contributed by atoms with van der Waals surface area (Å²) in [6, 6.07) is 0. The first kappa shape index (κ1) is 29.5. The number of hydrogen-bond donors (Lipinski definition) is 0. The van der Waals surface area contributed by atoms with Crippen LogP contribution in [0.2, 0.25) is 0 Å². The van der Waals surface area contributed by atoms with Crippen molar-refractivity contribution in [1.82, 2.24) is 0 Å². The van der Waals surface area contributed by atoms with E-state index in [2.05, 4.69) is 54.5 Å². The highest BCUT2D eigenvalue weighted by atomic mass is 16.1. The Balaban J connectivity index is 3.19. The van der Waals surface area contributed by atoms with Crippen LogP contribution in [-0.4, -0.2) is 17.3 Å². The van der Waals surface area contributed by atoms with Gasteiger partial charge in [-0.1, -0.05) is 78.0 Å². The first-order valence-electron chi connectivity index (χ1n) is 13.4. The van der Waals surface area contributed by atoms with Crippen LogP contribution in [0.1, 0.15) is 126 Å². The van der Waals surface area contributed by atoms with Gasteiger partial charge in [0.1, 0.15) is 17.3 Å². The highest BCUT2D eigenvalue weighted by Crippen LogP contribution is 2.37. The Kier molecular flexibility index (Phi) is 12.5. The van der Waals surface area contributed by atoms with Crippen molar-refractivity contribution in [2.45, 2.75) is 126 Å². The molecule has 0 saturated carbocycles. The largest absolute Gasteiger partial charge is 0.300 e. The van der Waals surface area contributed by atoms with Gasteiger partial charge in [0, 0.05) is 18.8 Å². The van der Waals surface area contributed by atoms with E-state index in [1.807, 2.05) is 0 Å². The monoisotopic (exact) mass is 458 g/mol. The van der Waals surface area contributed by atoms with Gasteiger partial charge in [0.15, 0.2) is 0 Å². The average Bonchev–Trinajstić information content (AvgIpc) is 2.68. The van der Waals surface area contributed by atoms with Crippen LogP contribution in [0.3, 0.4) is 0 Å². The third-order valence-electron chi connectivity index (χ3n) is 7.18. The SMILES string of the molecule is CCC/C1=C/C(C(C)(C)C)=C(/C)CC(=O)CC(CC(CCC)C(CC)C(=O)CC(C)=O)CC1. The van der Waals surface area contributed by atoms with Crippen LogP contribution < -0.4 is 0 Å². The maximum atomic E-state index is 13.1. The zero-order chi connectivity index (χ0) is 25.2. The molecule has 0 N–H and O–H groups in total. The zero-order valence-corrected chi connectivity index (χ0v) is 22.8. The molecule has 0 saturated heterocycles. The number of Topliss-reactive ketones (excluding diaryl/α,β-unsaturated/α-hetero) is 3. The molecular formula is C30H50O3. The van der Waals surface area contributed by atoms with Gasteiger partial charge in [-0.25, -0.2) is 0 Å². The van der Waals surface area contributed by atoms with Crippen molar-refractivity contribution >= 4 is 17.3 Å². The summed E-state index contributed by atoms with van der Waals surface area (Å²) >= 11 is 0. The van der Waals surface area contributed by atoms with Gasteiger partial charge in [-0.3, -0.25) is 14.4 Å². The third kappa shape index (κ3) is 10.1. The summed E-state index contributed by atoms with van der Waals surface area (Å²) in [4.78, 5) is 37.5. The minimum atomic E-state index is -0.0702. The molecule has 0 aliphatic heterocycles. The van der Waals surface area contributed by atoms with E-state index < -0.39 is 0 Å². The van der Waals surface area contributed by atoms with E-state index in [4.69, 9.17) is 0 Å². The van der Waals surface area contributed by atoms with Gasteiger partial charge in [0.25, 0.3) is 0 Å². The van der Waals surface area contributed by atoms with Gasteiger partial charge < -0.3 is 0 Å². The lowest BCUT2D eigenvalue weighted by Crippen LogP contribution is -2.27. The van der Waals surface area contributed by atoms with Crippen molar-refractivity contribution in [3.8, 4) is 0 Å². The van der Waals surface area contributed by atoms with Crippen LogP contribution >= 0.6 is 0 Å². The van der Waals surface area contributed by atoms with E-state index in [-0.39, 0.29) is 35.2 Å². The molecule has 0 aromatic heterocycles. The Morgan fingerprint density at radius 3 is 2.30 bits per heavy atom. The van der Waals surface area contributed by atoms with E-state index in [1.54, 1.807) is 0 Å². The Bertz CT molecular complexity index is 732. The van der Waals surface area contributed by atoms with Gasteiger partial charge in [-0.2, -0.15) is 0 Å². The van der Waals surface area contributed by atoms with Crippen LogP contribution in [0.4, 0.5) is 0 Å². The molecule has 0 spiro atoms. The lowest BCUT2D eigenvalue weighted by molar-refractivity contribution is -0.129. The number of rotatable bonds is 11. The summed E-state index contributed by atoms with van der Waals surface area (Å²) in [7, 11) is 0. The fourth-order valence-corrected chi connectivity index (χ4v) is 5.73. The quantitative estimate of drug-likeness (QED) is 0.293. The van der Waals surface area contributed by atoms with E-state index in [0.717, 1.165) is 51.4 Å². The number of hydrogen-bond acceptors (Lipinski definition) is 3. The Hall–Kier alpha value is -1.51. The smallest absolute Gasteiger partial charge is 0.143 e. The maximum Gasteiger partial charge on any atom is 0.143 e. The molecule has 0 radical (unpaired) electrons. The highest BCUT2D eigenvalue weighted by molar-refractivity contribution is 5.99. The molecule has 188 valence electrons. The summed E-state index contributed by atoms with van der Waals surface area (Å²) in [6.45, 7) is 16.8. The fraction of sp³-hybridized carbons (Fsp3) is 0.767. The molecule has 0 fully saturated rings. The molecule has 33 heavy (non-hydrogen) atoms. The molecular weight excluding hydrogens is 408 g/mol. The molecule has 3 heteroatoms. The summed E-state index contributed by atoms with van der Waals surface area (Å²) in [5.41, 5.74) is 4.05. The Morgan fingerprint density at radius 1 is 1.12 bits per heavy atom. The predicted octanol–water partition coefficient (Wildman–Crippen LogP) is 8.22. The van der Waals surface area contributed by atoms with E-state index in [1.165, 1.54) is 23.6 Å². The molecule has 0 heterocycles. The standard InChI is InChI=1S/C30H50O3/c1-9-12-23-14-15-24(19-26(32)16-21(4)28(20-23)30(6,7)8)18-25(13-10-2)27(11-3)29(33)17-22(5)31/h20,24-25,27H,9-19H2,1-8H3/b23-20-,28-21+. The first-order chi connectivity index (χ1) is 15.4. The average molecular weight is 459 g/mol. The zero-order valence-electron chi connectivity index (χ0n) is 22.8. The van der Waals surface area contributed by atoms with E-state index >= 15 is 0 Å². The molecule has 3 nitrogen and oxygen atoms in total. The van der Waals surface area contributed by atoms with Gasteiger partial charge in [0.2, 0.25) is 0 Å². The number of ketones is 3. The molecule has 1 aliphatic carbocycles. The van der Waals surface area contributed by atoms with Crippen molar-refractivity contribution in [2.24, 2.45) is 23.2 Å². The molecule has 0 aromatic rings. The molecule has 3 unspecified atom stereocenters. The Morgan fingerprint density at radius 2 is 1.79 bits per heavy atom. The molecule has 0 aromatic carbocycles. The van der Waals surface area contributed by atoms with Crippen molar-refractivity contribution in [3.05, 3.63) is 22.8 Å². The minimum absolute atomic E-state index is 0.0274. The van der Waals surface area contributed by atoms with Crippen LogP contribution in [0.25, 0.3) is 0 Å². The van der Waals surface area contributed by atoms with Gasteiger partial charge in [0.05, 0.1) is 6.42 Å². The van der Waals surface area contributed by atoms with E-state index in [0.29, 0.717) is 24.5 Å². The maximum absolute atomic E-state index is 13.1. The minimum Gasteiger partial charge on any atom is -0.300 e. The lowest BCUT2D eigenvalue weighted by atomic mass is 9.74. The second-order valence-electron chi connectivity index (χ2n) is 11.5. The van der Waals surface area contributed by atoms with Gasteiger partial charge >= 0.3 is 0 Å². The summed E-state index contributed by atoms with van der Waals surface area (Å²) in [6.07, 6.45) is 11.5. The predicted molar refractivity (Wildman–Crippen MR) is 139 cm³/mol. The first-order valence-corrected chi connectivity index (χ1v) is 13.4. The second-order valence-corrected chi connectivity index (χ2v) is 11.5. The van der Waals surface area contributed by atoms with Crippen LogP contribution in [0, 0.1) is 23.2 Å². The van der Waals surface area contributed by atoms with Crippen molar-refractivity contribution in [2.75, 3.05) is 0 Å². The molecule has 0 amide bonds. The molecule has 3 atom stereocenters. The lowest BCUT2D eigenvalue weighted by Gasteiger charge is -2.30. The summed E-state index contributed by atoms with van der Waals surface area (Å²) in [5, 5.41) is 0. The molecule has 1 aliphatic rings. The molecule has 0 bridgehead atoms. The van der Waals surface area contributed by atoms with Gasteiger partial charge in [-0.15, -0.1) is 0 Å². The van der Waals surface area contributed by atoms with E-state index in [9.17, 15) is 14.4 Å². The number of carbonyl (C=O) groups excluding carboxylic acids is 3. The van der Waals surface area contributed by atoms with Crippen LogP contribution in [0.15, 0.2) is 22.8 Å². The molecule has 1 rings (SSSR count).